The van der Waals surface area contributed by atoms with E-state index in [1.807, 2.05) is 0 Å². The second-order valence-electron chi connectivity index (χ2n) is 6.16. The molecule has 0 fully saturated rings. The first-order valence-corrected chi connectivity index (χ1v) is 8.19. The van der Waals surface area contributed by atoms with Crippen molar-refractivity contribution in [3.05, 3.63) is 71.4 Å². The number of hydrogen-bond donors (Lipinski definition) is 1. The van der Waals surface area contributed by atoms with Crippen molar-refractivity contribution in [3.63, 3.8) is 0 Å². The summed E-state index contributed by atoms with van der Waals surface area (Å²) >= 11 is 0. The molecule has 0 saturated carbocycles. The third kappa shape index (κ3) is 3.67. The van der Waals surface area contributed by atoms with Gasteiger partial charge in [0.1, 0.15) is 5.69 Å². The molecule has 1 N–H and O–H groups in total. The molecule has 3 rings (SSSR count). The molecule has 0 unspecified atom stereocenters. The Morgan fingerprint density at radius 1 is 0.759 bits per heavy atom. The number of anilines is 1. The second kappa shape index (κ2) is 7.57. The van der Waals surface area contributed by atoms with Crippen molar-refractivity contribution in [3.8, 4) is 22.5 Å². The van der Waals surface area contributed by atoms with Crippen LogP contribution < -0.4 is 5.32 Å². The maximum atomic E-state index is 13.8. The zero-order valence-electron chi connectivity index (χ0n) is 15.2. The van der Waals surface area contributed by atoms with Gasteiger partial charge in [-0.2, -0.15) is 0 Å². The summed E-state index contributed by atoms with van der Waals surface area (Å²) in [5, 5.41) is 2.73. The van der Waals surface area contributed by atoms with Gasteiger partial charge in [-0.1, -0.05) is 6.58 Å². The van der Waals surface area contributed by atoms with Crippen LogP contribution in [0.1, 0.15) is 12.6 Å². The lowest BCUT2D eigenvalue weighted by Crippen LogP contribution is -2.06. The van der Waals surface area contributed by atoms with Crippen LogP contribution >= 0.6 is 0 Å². The first kappa shape index (κ1) is 20.4. The molecule has 0 bridgehead atoms. The van der Waals surface area contributed by atoms with E-state index in [0.717, 1.165) is 0 Å². The van der Waals surface area contributed by atoms with Crippen LogP contribution in [0.15, 0.2) is 30.8 Å². The van der Waals surface area contributed by atoms with E-state index in [0.29, 0.717) is 29.8 Å². The number of hydrogen-bond acceptors (Lipinski definition) is 3. The van der Waals surface area contributed by atoms with Crippen LogP contribution in [0.3, 0.4) is 0 Å². The van der Waals surface area contributed by atoms with Crippen LogP contribution in [0.2, 0.25) is 0 Å². The highest BCUT2D eigenvalue weighted by Gasteiger charge is 2.22. The van der Waals surface area contributed by atoms with Gasteiger partial charge in [0.15, 0.2) is 40.7 Å². The number of allylic oxidation sites excluding steroid dienone is 1. The Hall–Kier alpha value is -3.36. The molecule has 0 saturated heterocycles. The van der Waals surface area contributed by atoms with E-state index in [4.69, 9.17) is 0 Å². The lowest BCUT2D eigenvalue weighted by Gasteiger charge is -2.15. The molecule has 0 aliphatic carbocycles. The predicted octanol–water partition coefficient (Wildman–Crippen LogP) is 5.72. The van der Waals surface area contributed by atoms with Crippen molar-refractivity contribution in [1.82, 2.24) is 9.97 Å². The molecule has 2 aromatic carbocycles. The number of aromatic nitrogens is 2. The van der Waals surface area contributed by atoms with Crippen LogP contribution in [-0.2, 0) is 0 Å². The molecule has 0 amide bonds. The molecule has 1 aromatic heterocycles. The number of nitrogens with one attached hydrogen (secondary N) is 1. The van der Waals surface area contributed by atoms with Gasteiger partial charge in [-0.25, -0.2) is 36.3 Å². The molecule has 0 aliphatic rings. The zero-order chi connectivity index (χ0) is 21.5. The highest BCUT2D eigenvalue weighted by atomic mass is 19.2. The van der Waals surface area contributed by atoms with Gasteiger partial charge in [0.05, 0.1) is 11.4 Å². The van der Waals surface area contributed by atoms with Crippen LogP contribution in [0.5, 0.6) is 0 Å². The fraction of sp³-hybridized carbons (Fsp3) is 0.100. The monoisotopic (exact) mass is 409 g/mol. The van der Waals surface area contributed by atoms with E-state index >= 15 is 0 Å². The predicted molar refractivity (Wildman–Crippen MR) is 96.9 cm³/mol. The molecule has 1 heterocycles. The van der Waals surface area contributed by atoms with E-state index < -0.39 is 34.9 Å². The molecule has 150 valence electrons. The molecular weight excluding hydrogens is 396 g/mol. The smallest absolute Gasteiger partial charge is 0.194 e. The molecule has 0 radical (unpaired) electrons. The first-order valence-electron chi connectivity index (χ1n) is 8.19. The molecule has 0 atom stereocenters. The minimum absolute atomic E-state index is 0.157. The fourth-order valence-corrected chi connectivity index (χ4v) is 2.69. The quantitative estimate of drug-likeness (QED) is 0.442. The van der Waals surface area contributed by atoms with Crippen molar-refractivity contribution in [2.45, 2.75) is 6.92 Å². The number of halogens is 6. The lowest BCUT2D eigenvalue weighted by atomic mass is 10.0. The van der Waals surface area contributed by atoms with Gasteiger partial charge in [-0.05, 0) is 36.8 Å². The maximum Gasteiger partial charge on any atom is 0.194 e. The van der Waals surface area contributed by atoms with Gasteiger partial charge < -0.3 is 5.32 Å². The molecule has 3 aromatic rings. The van der Waals surface area contributed by atoms with Crippen molar-refractivity contribution >= 4 is 11.4 Å². The Balaban J connectivity index is 2.40. The van der Waals surface area contributed by atoms with Crippen LogP contribution in [-0.4, -0.2) is 17.0 Å². The standard InChI is InChI=1S/C20H13F6N3/c1-8(2)17-20(27-3)29-19(10-6-13(23)16(26)14(24)7-10)18(28-17)9-4-11(21)15(25)12(22)5-9/h4-7H,1H2,2-3H3,(H,27,29). The third-order valence-electron chi connectivity index (χ3n) is 4.05. The summed E-state index contributed by atoms with van der Waals surface area (Å²) in [6.45, 7) is 5.33. The Morgan fingerprint density at radius 2 is 1.14 bits per heavy atom. The number of nitrogens with zero attached hydrogens (tertiary/aromatic N) is 2. The normalized spacial score (nSPS) is 10.9. The van der Waals surface area contributed by atoms with Crippen molar-refractivity contribution in [2.24, 2.45) is 0 Å². The molecule has 9 heteroatoms. The topological polar surface area (TPSA) is 37.8 Å². The highest BCUT2D eigenvalue weighted by molar-refractivity contribution is 5.82. The first-order chi connectivity index (χ1) is 13.6. The largest absolute Gasteiger partial charge is 0.371 e. The summed E-state index contributed by atoms with van der Waals surface area (Å²) < 4.78 is 81.8. The number of benzene rings is 2. The average molecular weight is 409 g/mol. The fourth-order valence-electron chi connectivity index (χ4n) is 2.69. The van der Waals surface area contributed by atoms with Crippen LogP contribution in [0, 0.1) is 34.9 Å². The summed E-state index contributed by atoms with van der Waals surface area (Å²) in [7, 11) is 1.50. The van der Waals surface area contributed by atoms with Gasteiger partial charge in [0.2, 0.25) is 0 Å². The lowest BCUT2D eigenvalue weighted by molar-refractivity contribution is 0.447. The SMILES string of the molecule is C=C(C)c1nc(-c2cc(F)c(F)c(F)c2)c(-c2cc(F)c(F)c(F)c2)nc1NC. The Morgan fingerprint density at radius 3 is 1.48 bits per heavy atom. The average Bonchev–Trinajstić information content (AvgIpc) is 2.68. The van der Waals surface area contributed by atoms with E-state index in [1.165, 1.54) is 7.05 Å². The molecule has 29 heavy (non-hydrogen) atoms. The van der Waals surface area contributed by atoms with Crippen molar-refractivity contribution in [1.29, 1.82) is 0 Å². The van der Waals surface area contributed by atoms with Crippen molar-refractivity contribution < 1.29 is 26.3 Å². The van der Waals surface area contributed by atoms with Gasteiger partial charge in [-0.3, -0.25) is 0 Å². The summed E-state index contributed by atoms with van der Waals surface area (Å²) in [4.78, 5) is 8.49. The summed E-state index contributed by atoms with van der Waals surface area (Å²) in [6.07, 6.45) is 0. The minimum atomic E-state index is -1.69. The maximum absolute atomic E-state index is 13.8. The van der Waals surface area contributed by atoms with Crippen LogP contribution in [0.25, 0.3) is 28.1 Å². The molecular formula is C20H13F6N3. The summed E-state index contributed by atoms with van der Waals surface area (Å²) in [5.41, 5.74) is -0.251. The second-order valence-corrected chi connectivity index (χ2v) is 6.16. The van der Waals surface area contributed by atoms with Gasteiger partial charge in [-0.15, -0.1) is 0 Å². The minimum Gasteiger partial charge on any atom is -0.371 e. The van der Waals surface area contributed by atoms with E-state index in [2.05, 4.69) is 21.9 Å². The van der Waals surface area contributed by atoms with Crippen LogP contribution in [0.4, 0.5) is 32.2 Å². The van der Waals surface area contributed by atoms with Gasteiger partial charge >= 0.3 is 0 Å². The van der Waals surface area contributed by atoms with E-state index in [9.17, 15) is 26.3 Å². The molecule has 3 nitrogen and oxygen atoms in total. The third-order valence-corrected chi connectivity index (χ3v) is 4.05. The number of rotatable bonds is 4. The van der Waals surface area contributed by atoms with E-state index in [-0.39, 0.29) is 34.0 Å². The summed E-state index contributed by atoms with van der Waals surface area (Å²) in [5.74, 6) is -9.16. The van der Waals surface area contributed by atoms with Gasteiger partial charge in [0.25, 0.3) is 0 Å². The molecule has 0 aliphatic heterocycles. The highest BCUT2D eigenvalue weighted by Crippen LogP contribution is 2.35. The Labute approximate surface area is 161 Å². The van der Waals surface area contributed by atoms with Crippen molar-refractivity contribution in [2.75, 3.05) is 12.4 Å². The van der Waals surface area contributed by atoms with Gasteiger partial charge in [0, 0.05) is 18.2 Å². The zero-order valence-corrected chi connectivity index (χ0v) is 15.2. The summed E-state index contributed by atoms with van der Waals surface area (Å²) in [6, 6.07) is 2.68. The molecule has 0 spiro atoms. The van der Waals surface area contributed by atoms with E-state index in [1.54, 1.807) is 6.92 Å². The Kier molecular flexibility index (Phi) is 5.32. The Bertz CT molecular complexity index is 1100.